The molecular weight excluding hydrogens is 372 g/mol. The van der Waals surface area contributed by atoms with Crippen molar-refractivity contribution in [3.8, 4) is 0 Å². The highest BCUT2D eigenvalue weighted by Gasteiger charge is 2.18. The van der Waals surface area contributed by atoms with Gasteiger partial charge in [0.15, 0.2) is 0 Å². The third kappa shape index (κ3) is 5.75. The Balaban J connectivity index is 1.91. The summed E-state index contributed by atoms with van der Waals surface area (Å²) in [5.74, 6) is 0.406. The van der Waals surface area contributed by atoms with Crippen LogP contribution in [0.25, 0.3) is 0 Å². The smallest absolute Gasteiger partial charge is 0.234 e. The van der Waals surface area contributed by atoms with Gasteiger partial charge in [0.25, 0.3) is 0 Å². The first-order valence-electron chi connectivity index (χ1n) is 7.71. The van der Waals surface area contributed by atoms with E-state index in [4.69, 9.17) is 0 Å². The number of carbonyl (C=O) groups excluding carboxylic acids is 1. The molecule has 0 aliphatic heterocycles. The molecule has 5 heteroatoms. The standard InChI is InChI=1S/C18H23BrN2OS/c1-13(2)18(15-7-5-4-6-8-15)20-17(22)11-21(3)10-14-9-16(19)23-12-14/h4-9,12-13,18H,10-11H2,1-3H3,(H,20,22)/t18-/m0/s1. The molecule has 1 aromatic carbocycles. The van der Waals surface area contributed by atoms with E-state index in [9.17, 15) is 4.79 Å². The Kier molecular flexibility index (Phi) is 6.81. The average Bonchev–Trinajstić information content (AvgIpc) is 2.90. The van der Waals surface area contributed by atoms with Gasteiger partial charge in [-0.1, -0.05) is 44.2 Å². The fraction of sp³-hybridized carbons (Fsp3) is 0.389. The largest absolute Gasteiger partial charge is 0.348 e. The SMILES string of the molecule is CC(C)[C@H](NC(=O)CN(C)Cc1csc(Br)c1)c1ccccc1. The number of halogens is 1. The van der Waals surface area contributed by atoms with Crippen molar-refractivity contribution in [1.29, 1.82) is 0 Å². The topological polar surface area (TPSA) is 32.3 Å². The van der Waals surface area contributed by atoms with Crippen LogP contribution in [0.4, 0.5) is 0 Å². The van der Waals surface area contributed by atoms with E-state index in [1.54, 1.807) is 11.3 Å². The molecule has 1 amide bonds. The summed E-state index contributed by atoms with van der Waals surface area (Å²) in [5.41, 5.74) is 2.38. The van der Waals surface area contributed by atoms with E-state index >= 15 is 0 Å². The Morgan fingerprint density at radius 2 is 2.00 bits per heavy atom. The van der Waals surface area contributed by atoms with Gasteiger partial charge in [0.05, 0.1) is 16.4 Å². The molecule has 0 saturated carbocycles. The number of benzene rings is 1. The highest BCUT2D eigenvalue weighted by atomic mass is 79.9. The number of carbonyl (C=O) groups is 1. The summed E-state index contributed by atoms with van der Waals surface area (Å²) >= 11 is 5.13. The zero-order valence-corrected chi connectivity index (χ0v) is 16.2. The summed E-state index contributed by atoms with van der Waals surface area (Å²) in [6.45, 7) is 5.42. The summed E-state index contributed by atoms with van der Waals surface area (Å²) < 4.78 is 1.12. The number of amides is 1. The molecule has 0 unspecified atom stereocenters. The maximum Gasteiger partial charge on any atom is 0.234 e. The second-order valence-corrected chi connectivity index (χ2v) is 8.42. The summed E-state index contributed by atoms with van der Waals surface area (Å²) in [6.07, 6.45) is 0. The molecule has 2 aromatic rings. The quantitative estimate of drug-likeness (QED) is 0.751. The van der Waals surface area contributed by atoms with Crippen molar-refractivity contribution >= 4 is 33.2 Å². The van der Waals surface area contributed by atoms with Crippen LogP contribution in [0.15, 0.2) is 45.6 Å². The van der Waals surface area contributed by atoms with Crippen LogP contribution in [-0.4, -0.2) is 24.4 Å². The predicted molar refractivity (Wildman–Crippen MR) is 101 cm³/mol. The Bertz CT molecular complexity index is 627. The molecule has 1 atom stereocenters. The Morgan fingerprint density at radius 3 is 2.57 bits per heavy atom. The van der Waals surface area contributed by atoms with Crippen molar-refractivity contribution in [2.45, 2.75) is 26.4 Å². The van der Waals surface area contributed by atoms with Crippen molar-refractivity contribution in [3.05, 3.63) is 56.7 Å². The Morgan fingerprint density at radius 1 is 1.30 bits per heavy atom. The minimum atomic E-state index is 0.0485. The Hall–Kier alpha value is -1.17. The van der Waals surface area contributed by atoms with Crippen LogP contribution in [0, 0.1) is 5.92 Å². The monoisotopic (exact) mass is 394 g/mol. The molecule has 3 nitrogen and oxygen atoms in total. The molecule has 0 radical (unpaired) electrons. The molecule has 0 fully saturated rings. The average molecular weight is 395 g/mol. The Labute approximate surface area is 150 Å². The first-order chi connectivity index (χ1) is 11.0. The van der Waals surface area contributed by atoms with E-state index in [-0.39, 0.29) is 11.9 Å². The highest BCUT2D eigenvalue weighted by molar-refractivity contribution is 9.11. The molecule has 0 saturated heterocycles. The van der Waals surface area contributed by atoms with Crippen molar-refractivity contribution < 1.29 is 4.79 Å². The number of nitrogens with zero attached hydrogens (tertiary/aromatic N) is 1. The van der Waals surface area contributed by atoms with E-state index < -0.39 is 0 Å². The summed E-state index contributed by atoms with van der Waals surface area (Å²) in [6, 6.07) is 12.3. The predicted octanol–water partition coefficient (Wildman–Crippen LogP) is 4.46. The van der Waals surface area contributed by atoms with Crippen LogP contribution in [0.3, 0.4) is 0 Å². The van der Waals surface area contributed by atoms with Gasteiger partial charge in [-0.2, -0.15) is 0 Å². The van der Waals surface area contributed by atoms with Crippen LogP contribution in [0.2, 0.25) is 0 Å². The maximum atomic E-state index is 12.4. The molecule has 1 N–H and O–H groups in total. The highest BCUT2D eigenvalue weighted by Crippen LogP contribution is 2.22. The van der Waals surface area contributed by atoms with Gasteiger partial charge in [-0.05, 0) is 51.5 Å². The molecule has 0 aliphatic carbocycles. The molecular formula is C18H23BrN2OS. The summed E-state index contributed by atoms with van der Waals surface area (Å²) in [7, 11) is 1.97. The van der Waals surface area contributed by atoms with Crippen molar-refractivity contribution in [2.75, 3.05) is 13.6 Å². The number of nitrogens with one attached hydrogen (secondary N) is 1. The number of rotatable bonds is 7. The first-order valence-corrected chi connectivity index (χ1v) is 9.38. The van der Waals surface area contributed by atoms with Crippen molar-refractivity contribution in [1.82, 2.24) is 10.2 Å². The number of thiophene rings is 1. The van der Waals surface area contributed by atoms with Crippen LogP contribution < -0.4 is 5.32 Å². The summed E-state index contributed by atoms with van der Waals surface area (Å²) in [5, 5.41) is 5.28. The van der Waals surface area contributed by atoms with E-state index in [0.717, 1.165) is 15.9 Å². The minimum Gasteiger partial charge on any atom is -0.348 e. The molecule has 0 aliphatic rings. The molecule has 0 spiro atoms. The first kappa shape index (κ1) is 18.2. The lowest BCUT2D eigenvalue weighted by Crippen LogP contribution is -2.38. The zero-order chi connectivity index (χ0) is 16.8. The minimum absolute atomic E-state index is 0.0485. The maximum absolute atomic E-state index is 12.4. The molecule has 124 valence electrons. The van der Waals surface area contributed by atoms with Crippen LogP contribution in [0.1, 0.15) is 31.0 Å². The fourth-order valence-corrected chi connectivity index (χ4v) is 3.76. The third-order valence-corrected chi connectivity index (χ3v) is 5.18. The van der Waals surface area contributed by atoms with Crippen LogP contribution >= 0.6 is 27.3 Å². The van der Waals surface area contributed by atoms with Gasteiger partial charge in [-0.15, -0.1) is 11.3 Å². The van der Waals surface area contributed by atoms with Gasteiger partial charge >= 0.3 is 0 Å². The van der Waals surface area contributed by atoms with Gasteiger partial charge < -0.3 is 5.32 Å². The van der Waals surface area contributed by atoms with Crippen molar-refractivity contribution in [3.63, 3.8) is 0 Å². The van der Waals surface area contributed by atoms with E-state index in [1.807, 2.05) is 30.1 Å². The second kappa shape index (κ2) is 8.62. The van der Waals surface area contributed by atoms with Gasteiger partial charge in [0.1, 0.15) is 0 Å². The molecule has 2 rings (SSSR count). The number of likely N-dealkylation sites (N-methyl/N-ethyl adjacent to an activating group) is 1. The molecule has 1 aromatic heterocycles. The van der Waals surface area contributed by atoms with Crippen LogP contribution in [0.5, 0.6) is 0 Å². The lowest BCUT2D eigenvalue weighted by molar-refractivity contribution is -0.123. The third-order valence-electron chi connectivity index (χ3n) is 3.63. The lowest BCUT2D eigenvalue weighted by atomic mass is 9.96. The van der Waals surface area contributed by atoms with Crippen LogP contribution in [-0.2, 0) is 11.3 Å². The number of hydrogen-bond acceptors (Lipinski definition) is 3. The number of hydrogen-bond donors (Lipinski definition) is 1. The fourth-order valence-electron chi connectivity index (χ4n) is 2.56. The van der Waals surface area contributed by atoms with E-state index in [0.29, 0.717) is 12.5 Å². The zero-order valence-electron chi connectivity index (χ0n) is 13.8. The normalized spacial score (nSPS) is 12.6. The second-order valence-electron chi connectivity index (χ2n) is 6.13. The van der Waals surface area contributed by atoms with Crippen molar-refractivity contribution in [2.24, 2.45) is 5.92 Å². The summed E-state index contributed by atoms with van der Waals surface area (Å²) in [4.78, 5) is 14.4. The molecule has 23 heavy (non-hydrogen) atoms. The van der Waals surface area contributed by atoms with Gasteiger partial charge in [-0.25, -0.2) is 0 Å². The van der Waals surface area contributed by atoms with E-state index in [2.05, 4.69) is 58.7 Å². The van der Waals surface area contributed by atoms with Gasteiger partial charge in [-0.3, -0.25) is 9.69 Å². The lowest BCUT2D eigenvalue weighted by Gasteiger charge is -2.24. The molecule has 1 heterocycles. The van der Waals surface area contributed by atoms with E-state index in [1.165, 1.54) is 5.56 Å². The van der Waals surface area contributed by atoms with Gasteiger partial charge in [0.2, 0.25) is 5.91 Å². The molecule has 0 bridgehead atoms. The van der Waals surface area contributed by atoms with Gasteiger partial charge in [0, 0.05) is 6.54 Å².